The van der Waals surface area contributed by atoms with Gasteiger partial charge in [0.1, 0.15) is 0 Å². The van der Waals surface area contributed by atoms with E-state index in [2.05, 4.69) is 20.3 Å². The molecule has 1 aromatic rings. The first-order valence-corrected chi connectivity index (χ1v) is 8.63. The Morgan fingerprint density at radius 3 is 2.40 bits per heavy atom. The first-order chi connectivity index (χ1) is 9.42. The van der Waals surface area contributed by atoms with Crippen LogP contribution < -0.4 is 15.4 Å². The molecule has 0 saturated heterocycles. The van der Waals surface area contributed by atoms with Crippen LogP contribution in [-0.2, 0) is 10.0 Å². The van der Waals surface area contributed by atoms with E-state index in [1.54, 1.807) is 24.3 Å². The van der Waals surface area contributed by atoms with Crippen molar-refractivity contribution in [1.29, 1.82) is 0 Å². The largest absolute Gasteiger partial charge is 0.325 e. The first kappa shape index (κ1) is 14.7. The molecule has 0 saturated carbocycles. The van der Waals surface area contributed by atoms with E-state index in [4.69, 9.17) is 0 Å². The molecule has 0 aromatic heterocycles. The summed E-state index contributed by atoms with van der Waals surface area (Å²) in [4.78, 5) is 15.8. The van der Waals surface area contributed by atoms with Gasteiger partial charge in [-0.25, -0.2) is 13.2 Å². The molecule has 9 heteroatoms. The molecular formula is C11H14N4O3S2. The number of hydrogen-bond donors (Lipinski definition) is 3. The van der Waals surface area contributed by atoms with Gasteiger partial charge in [0, 0.05) is 17.1 Å². The maximum absolute atomic E-state index is 11.7. The molecule has 1 aliphatic heterocycles. The number of amides is 2. The van der Waals surface area contributed by atoms with Crippen LogP contribution in [0.3, 0.4) is 0 Å². The number of rotatable bonds is 3. The van der Waals surface area contributed by atoms with Gasteiger partial charge in [0.25, 0.3) is 0 Å². The van der Waals surface area contributed by atoms with Gasteiger partial charge in [-0.3, -0.25) is 15.0 Å². The number of sulfonamides is 1. The number of aliphatic imine (C=N–C) groups is 1. The van der Waals surface area contributed by atoms with Crippen LogP contribution in [0.25, 0.3) is 0 Å². The molecular weight excluding hydrogens is 300 g/mol. The molecule has 0 fully saturated rings. The van der Waals surface area contributed by atoms with Gasteiger partial charge in [0.15, 0.2) is 5.17 Å². The summed E-state index contributed by atoms with van der Waals surface area (Å²) >= 11 is 1.49. The van der Waals surface area contributed by atoms with Crippen LogP contribution in [0.5, 0.6) is 0 Å². The summed E-state index contributed by atoms with van der Waals surface area (Å²) in [6.45, 7) is 0.714. The Morgan fingerprint density at radius 1 is 1.20 bits per heavy atom. The minimum atomic E-state index is -3.30. The van der Waals surface area contributed by atoms with Crippen molar-refractivity contribution in [2.45, 2.75) is 0 Å². The SMILES string of the molecule is CS(=O)(=O)Nc1ccc(NC(=O)NC2=NCCS2)cc1. The van der Waals surface area contributed by atoms with Gasteiger partial charge in [0.2, 0.25) is 10.0 Å². The number of nitrogens with one attached hydrogen (secondary N) is 3. The number of amidine groups is 1. The molecule has 7 nitrogen and oxygen atoms in total. The van der Waals surface area contributed by atoms with Gasteiger partial charge in [-0.1, -0.05) is 11.8 Å². The van der Waals surface area contributed by atoms with Crippen LogP contribution in [-0.4, -0.2) is 38.2 Å². The van der Waals surface area contributed by atoms with E-state index in [1.165, 1.54) is 11.8 Å². The Kier molecular flexibility index (Phi) is 4.50. The van der Waals surface area contributed by atoms with Crippen LogP contribution in [0.2, 0.25) is 0 Å². The molecule has 0 aliphatic carbocycles. The lowest BCUT2D eigenvalue weighted by molar-refractivity contribution is 0.256. The van der Waals surface area contributed by atoms with Crippen molar-refractivity contribution < 1.29 is 13.2 Å². The van der Waals surface area contributed by atoms with Crippen molar-refractivity contribution in [3.8, 4) is 0 Å². The molecule has 0 bridgehead atoms. The van der Waals surface area contributed by atoms with E-state index in [0.29, 0.717) is 23.1 Å². The molecule has 2 rings (SSSR count). The standard InChI is InChI=1S/C11H14N4O3S2/c1-20(17,18)15-9-4-2-8(3-5-9)13-10(16)14-11-12-6-7-19-11/h2-5,15H,6-7H2,1H3,(H2,12,13,14,16). The van der Waals surface area contributed by atoms with Crippen LogP contribution >= 0.6 is 11.8 Å². The molecule has 1 aliphatic rings. The molecule has 1 aromatic carbocycles. The average molecular weight is 314 g/mol. The molecule has 1 heterocycles. The Bertz CT molecular complexity index is 626. The highest BCUT2D eigenvalue weighted by Gasteiger charge is 2.10. The van der Waals surface area contributed by atoms with Crippen molar-refractivity contribution in [3.05, 3.63) is 24.3 Å². The average Bonchev–Trinajstić information content (AvgIpc) is 2.82. The number of carbonyl (C=O) groups excluding carboxylic acids is 1. The third-order valence-electron chi connectivity index (χ3n) is 2.25. The quantitative estimate of drug-likeness (QED) is 0.782. The summed E-state index contributed by atoms with van der Waals surface area (Å²) in [6.07, 6.45) is 1.08. The molecule has 2 amide bonds. The second-order valence-corrected chi connectivity index (χ2v) is 6.90. The second kappa shape index (κ2) is 6.14. The van der Waals surface area contributed by atoms with E-state index in [9.17, 15) is 13.2 Å². The zero-order valence-corrected chi connectivity index (χ0v) is 12.3. The van der Waals surface area contributed by atoms with Crippen LogP contribution in [0.1, 0.15) is 0 Å². The Labute approximate surface area is 121 Å². The fraction of sp³-hybridized carbons (Fsp3) is 0.273. The lowest BCUT2D eigenvalue weighted by Crippen LogP contribution is -2.31. The minimum absolute atomic E-state index is 0.373. The number of nitrogens with zero attached hydrogens (tertiary/aromatic N) is 1. The normalized spacial score (nSPS) is 14.6. The van der Waals surface area contributed by atoms with E-state index in [1.807, 2.05) is 0 Å². The van der Waals surface area contributed by atoms with Crippen molar-refractivity contribution in [2.24, 2.45) is 4.99 Å². The first-order valence-electron chi connectivity index (χ1n) is 5.75. The van der Waals surface area contributed by atoms with Crippen LogP contribution in [0, 0.1) is 0 Å². The predicted octanol–water partition coefficient (Wildman–Crippen LogP) is 1.28. The number of urea groups is 1. The Balaban J connectivity index is 1.91. The Morgan fingerprint density at radius 2 is 1.85 bits per heavy atom. The van der Waals surface area contributed by atoms with Crippen molar-refractivity contribution in [2.75, 3.05) is 28.6 Å². The maximum Gasteiger partial charge on any atom is 0.325 e. The van der Waals surface area contributed by atoms with Gasteiger partial charge in [-0.15, -0.1) is 0 Å². The van der Waals surface area contributed by atoms with E-state index in [0.717, 1.165) is 12.0 Å². The zero-order valence-electron chi connectivity index (χ0n) is 10.7. The molecule has 20 heavy (non-hydrogen) atoms. The summed E-state index contributed by atoms with van der Waals surface area (Å²) in [5.74, 6) is 0.876. The van der Waals surface area contributed by atoms with E-state index < -0.39 is 10.0 Å². The number of thioether (sulfide) groups is 1. The topological polar surface area (TPSA) is 99.7 Å². The summed E-state index contributed by atoms with van der Waals surface area (Å²) < 4.78 is 24.4. The number of benzene rings is 1. The Hall–Kier alpha value is -1.74. The second-order valence-electron chi connectivity index (χ2n) is 4.07. The number of anilines is 2. The summed E-state index contributed by atoms with van der Waals surface area (Å²) in [7, 11) is -3.30. The van der Waals surface area contributed by atoms with Crippen LogP contribution in [0.15, 0.2) is 29.3 Å². The monoisotopic (exact) mass is 314 g/mol. The fourth-order valence-electron chi connectivity index (χ4n) is 1.51. The number of carbonyl (C=O) groups is 1. The summed E-state index contributed by atoms with van der Waals surface area (Å²) in [5.41, 5.74) is 0.999. The summed E-state index contributed by atoms with van der Waals surface area (Å²) in [6, 6.07) is 5.98. The summed E-state index contributed by atoms with van der Waals surface area (Å²) in [5, 5.41) is 5.88. The van der Waals surface area contributed by atoms with E-state index in [-0.39, 0.29) is 6.03 Å². The maximum atomic E-state index is 11.7. The van der Waals surface area contributed by atoms with Crippen molar-refractivity contribution >= 4 is 44.4 Å². The van der Waals surface area contributed by atoms with Gasteiger partial charge < -0.3 is 5.32 Å². The van der Waals surface area contributed by atoms with Gasteiger partial charge >= 0.3 is 6.03 Å². The van der Waals surface area contributed by atoms with Gasteiger partial charge in [-0.2, -0.15) is 0 Å². The van der Waals surface area contributed by atoms with Crippen molar-refractivity contribution in [3.63, 3.8) is 0 Å². The molecule has 0 atom stereocenters. The van der Waals surface area contributed by atoms with Gasteiger partial charge in [-0.05, 0) is 24.3 Å². The zero-order chi connectivity index (χ0) is 14.6. The molecule has 3 N–H and O–H groups in total. The van der Waals surface area contributed by atoms with Crippen molar-refractivity contribution in [1.82, 2.24) is 5.32 Å². The van der Waals surface area contributed by atoms with Gasteiger partial charge in [0.05, 0.1) is 12.8 Å². The highest BCUT2D eigenvalue weighted by molar-refractivity contribution is 8.14. The molecule has 0 unspecified atom stereocenters. The highest BCUT2D eigenvalue weighted by atomic mass is 32.2. The molecule has 108 valence electrons. The lowest BCUT2D eigenvalue weighted by Gasteiger charge is -2.08. The predicted molar refractivity (Wildman–Crippen MR) is 81.8 cm³/mol. The third-order valence-corrected chi connectivity index (χ3v) is 3.75. The minimum Gasteiger partial charge on any atom is -0.308 e. The smallest absolute Gasteiger partial charge is 0.308 e. The highest BCUT2D eigenvalue weighted by Crippen LogP contribution is 2.15. The fourth-order valence-corrected chi connectivity index (χ4v) is 2.79. The molecule has 0 radical (unpaired) electrons. The third kappa shape index (κ3) is 4.74. The number of hydrogen-bond acceptors (Lipinski definition) is 5. The lowest BCUT2D eigenvalue weighted by atomic mass is 10.3. The van der Waals surface area contributed by atoms with E-state index >= 15 is 0 Å². The van der Waals surface area contributed by atoms with Crippen LogP contribution in [0.4, 0.5) is 16.2 Å². The molecule has 0 spiro atoms.